The number of anilines is 1. The van der Waals surface area contributed by atoms with Gasteiger partial charge >= 0.3 is 0 Å². The zero-order valence-corrected chi connectivity index (χ0v) is 10.9. The van der Waals surface area contributed by atoms with Crippen LogP contribution in [0.2, 0.25) is 5.02 Å². The predicted molar refractivity (Wildman–Crippen MR) is 65.8 cm³/mol. The molecule has 1 aliphatic carbocycles. The standard InChI is InChI=1S/C10H13BrClN3/c1-15(6-7-2-8(11)3-7)10-13-4-9(12)5-14-10/h4-5,7-8H,2-3,6H2,1H3. The number of hydrogen-bond donors (Lipinski definition) is 0. The van der Waals surface area contributed by atoms with Crippen molar-refractivity contribution in [2.75, 3.05) is 18.5 Å². The number of nitrogens with zero attached hydrogens (tertiary/aromatic N) is 3. The highest BCUT2D eigenvalue weighted by atomic mass is 79.9. The van der Waals surface area contributed by atoms with Crippen molar-refractivity contribution in [1.29, 1.82) is 0 Å². The molecule has 0 unspecified atom stereocenters. The van der Waals surface area contributed by atoms with Gasteiger partial charge in [-0.2, -0.15) is 0 Å². The summed E-state index contributed by atoms with van der Waals surface area (Å²) in [4.78, 5) is 11.2. The van der Waals surface area contributed by atoms with Crippen LogP contribution in [0.25, 0.3) is 0 Å². The van der Waals surface area contributed by atoms with E-state index < -0.39 is 0 Å². The maximum atomic E-state index is 5.73. The fraction of sp³-hybridized carbons (Fsp3) is 0.600. The van der Waals surface area contributed by atoms with Gasteiger partial charge < -0.3 is 4.90 Å². The van der Waals surface area contributed by atoms with Crippen molar-refractivity contribution in [2.24, 2.45) is 5.92 Å². The predicted octanol–water partition coefficient (Wildman–Crippen LogP) is 2.74. The molecule has 1 aromatic heterocycles. The summed E-state index contributed by atoms with van der Waals surface area (Å²) in [6.07, 6.45) is 5.76. The van der Waals surface area contributed by atoms with Crippen LogP contribution in [0.5, 0.6) is 0 Å². The molecule has 0 bridgehead atoms. The lowest BCUT2D eigenvalue weighted by atomic mass is 9.85. The third-order valence-corrected chi connectivity index (χ3v) is 3.60. The minimum Gasteiger partial charge on any atom is -0.344 e. The van der Waals surface area contributed by atoms with Crippen molar-refractivity contribution >= 4 is 33.5 Å². The Bertz CT molecular complexity index is 324. The first-order valence-corrected chi connectivity index (χ1v) is 6.27. The molecule has 1 saturated carbocycles. The lowest BCUT2D eigenvalue weighted by Gasteiger charge is -2.34. The summed E-state index contributed by atoms with van der Waals surface area (Å²) in [6.45, 7) is 1.02. The first-order chi connectivity index (χ1) is 7.15. The molecule has 2 rings (SSSR count). The molecule has 3 nitrogen and oxygen atoms in total. The molecule has 5 heteroatoms. The van der Waals surface area contributed by atoms with E-state index in [1.165, 1.54) is 12.8 Å². The Morgan fingerprint density at radius 3 is 2.60 bits per heavy atom. The third-order valence-electron chi connectivity index (χ3n) is 2.66. The molecule has 0 spiro atoms. The highest BCUT2D eigenvalue weighted by Crippen LogP contribution is 2.33. The van der Waals surface area contributed by atoms with Gasteiger partial charge in [0.2, 0.25) is 5.95 Å². The number of alkyl halides is 1. The van der Waals surface area contributed by atoms with Gasteiger partial charge in [0, 0.05) is 18.4 Å². The summed E-state index contributed by atoms with van der Waals surface area (Å²) in [5.41, 5.74) is 0. The van der Waals surface area contributed by atoms with Crippen LogP contribution < -0.4 is 4.90 Å². The minimum absolute atomic E-state index is 0.580. The van der Waals surface area contributed by atoms with Crippen LogP contribution in [0.1, 0.15) is 12.8 Å². The van der Waals surface area contributed by atoms with E-state index >= 15 is 0 Å². The van der Waals surface area contributed by atoms with Gasteiger partial charge in [0.05, 0.1) is 17.4 Å². The van der Waals surface area contributed by atoms with Crippen LogP contribution in [0.3, 0.4) is 0 Å². The molecule has 1 fully saturated rings. The Morgan fingerprint density at radius 2 is 2.07 bits per heavy atom. The minimum atomic E-state index is 0.580. The Labute approximate surface area is 103 Å². The molecule has 0 atom stereocenters. The average Bonchev–Trinajstić information content (AvgIpc) is 2.16. The van der Waals surface area contributed by atoms with Crippen LogP contribution in [0, 0.1) is 5.92 Å². The quantitative estimate of drug-likeness (QED) is 0.802. The first-order valence-electron chi connectivity index (χ1n) is 4.98. The Kier molecular flexibility index (Phi) is 3.46. The van der Waals surface area contributed by atoms with E-state index in [0.29, 0.717) is 9.85 Å². The van der Waals surface area contributed by atoms with Gasteiger partial charge in [0.15, 0.2) is 0 Å². The molecular formula is C10H13BrClN3. The Balaban J connectivity index is 1.90. The van der Waals surface area contributed by atoms with Gasteiger partial charge in [0.25, 0.3) is 0 Å². The molecule has 0 radical (unpaired) electrons. The summed E-state index contributed by atoms with van der Waals surface area (Å²) in [6, 6.07) is 0. The van der Waals surface area contributed by atoms with Crippen LogP contribution in [0.15, 0.2) is 12.4 Å². The van der Waals surface area contributed by atoms with E-state index in [4.69, 9.17) is 11.6 Å². The summed E-state index contributed by atoms with van der Waals surface area (Å²) in [7, 11) is 2.02. The van der Waals surface area contributed by atoms with Crippen molar-refractivity contribution in [3.05, 3.63) is 17.4 Å². The summed E-state index contributed by atoms with van der Waals surface area (Å²) >= 11 is 9.32. The van der Waals surface area contributed by atoms with Crippen LogP contribution in [-0.4, -0.2) is 28.4 Å². The monoisotopic (exact) mass is 289 g/mol. The molecule has 0 aromatic carbocycles. The van der Waals surface area contributed by atoms with Crippen molar-refractivity contribution in [3.8, 4) is 0 Å². The number of rotatable bonds is 3. The van der Waals surface area contributed by atoms with Crippen molar-refractivity contribution in [2.45, 2.75) is 17.7 Å². The molecule has 0 saturated heterocycles. The van der Waals surface area contributed by atoms with E-state index in [1.807, 2.05) is 7.05 Å². The van der Waals surface area contributed by atoms with Gasteiger partial charge in [-0.25, -0.2) is 9.97 Å². The Morgan fingerprint density at radius 1 is 1.47 bits per heavy atom. The van der Waals surface area contributed by atoms with Crippen molar-refractivity contribution in [3.63, 3.8) is 0 Å². The molecule has 15 heavy (non-hydrogen) atoms. The number of halogens is 2. The highest BCUT2D eigenvalue weighted by molar-refractivity contribution is 9.09. The van der Waals surface area contributed by atoms with E-state index in [9.17, 15) is 0 Å². The second-order valence-electron chi connectivity index (χ2n) is 4.02. The second kappa shape index (κ2) is 4.66. The van der Waals surface area contributed by atoms with Gasteiger partial charge in [-0.1, -0.05) is 27.5 Å². The molecule has 0 amide bonds. The second-order valence-corrected chi connectivity index (χ2v) is 5.75. The van der Waals surface area contributed by atoms with Crippen LogP contribution >= 0.6 is 27.5 Å². The van der Waals surface area contributed by atoms with E-state index in [1.54, 1.807) is 12.4 Å². The van der Waals surface area contributed by atoms with E-state index in [0.717, 1.165) is 18.4 Å². The van der Waals surface area contributed by atoms with Gasteiger partial charge in [-0.05, 0) is 18.8 Å². The van der Waals surface area contributed by atoms with Crippen molar-refractivity contribution in [1.82, 2.24) is 9.97 Å². The highest BCUT2D eigenvalue weighted by Gasteiger charge is 2.28. The average molecular weight is 291 g/mol. The number of hydrogen-bond acceptors (Lipinski definition) is 3. The number of aromatic nitrogens is 2. The summed E-state index contributed by atoms with van der Waals surface area (Å²) in [5, 5.41) is 0.580. The zero-order valence-electron chi connectivity index (χ0n) is 8.53. The lowest BCUT2D eigenvalue weighted by molar-refractivity contribution is 0.338. The fourth-order valence-electron chi connectivity index (χ4n) is 1.77. The van der Waals surface area contributed by atoms with Crippen molar-refractivity contribution < 1.29 is 0 Å². The lowest BCUT2D eigenvalue weighted by Crippen LogP contribution is -2.35. The molecule has 0 N–H and O–H groups in total. The largest absolute Gasteiger partial charge is 0.344 e. The smallest absolute Gasteiger partial charge is 0.225 e. The summed E-state index contributed by atoms with van der Waals surface area (Å²) < 4.78 is 0. The SMILES string of the molecule is CN(CC1CC(Br)C1)c1ncc(Cl)cn1. The molecule has 1 aliphatic rings. The van der Waals surface area contributed by atoms with Gasteiger partial charge in [-0.15, -0.1) is 0 Å². The van der Waals surface area contributed by atoms with E-state index in [-0.39, 0.29) is 0 Å². The molecule has 1 heterocycles. The molecule has 82 valence electrons. The van der Waals surface area contributed by atoms with Gasteiger partial charge in [-0.3, -0.25) is 0 Å². The Hall–Kier alpha value is -0.350. The van der Waals surface area contributed by atoms with Gasteiger partial charge in [0.1, 0.15) is 0 Å². The van der Waals surface area contributed by atoms with Crippen LogP contribution in [-0.2, 0) is 0 Å². The fourth-order valence-corrected chi connectivity index (χ4v) is 2.93. The summed E-state index contributed by atoms with van der Waals surface area (Å²) in [5.74, 6) is 1.51. The molecular weight excluding hydrogens is 277 g/mol. The maximum Gasteiger partial charge on any atom is 0.225 e. The van der Waals surface area contributed by atoms with Crippen LogP contribution in [0.4, 0.5) is 5.95 Å². The molecule has 0 aliphatic heterocycles. The normalized spacial score (nSPS) is 24.7. The van der Waals surface area contributed by atoms with E-state index in [2.05, 4.69) is 30.8 Å². The maximum absolute atomic E-state index is 5.73. The third kappa shape index (κ3) is 2.82. The topological polar surface area (TPSA) is 29.0 Å². The molecule has 1 aromatic rings. The first kappa shape index (κ1) is 11.1. The zero-order chi connectivity index (χ0) is 10.8.